The van der Waals surface area contributed by atoms with E-state index in [1.807, 2.05) is 44.2 Å². The second-order valence-corrected chi connectivity index (χ2v) is 12.8. The second-order valence-electron chi connectivity index (χ2n) is 11.0. The Labute approximate surface area is 264 Å². The van der Waals surface area contributed by atoms with Gasteiger partial charge < -0.3 is 15.0 Å². The normalized spacial score (nSPS) is 11.9. The number of nitrogens with one attached hydrogen (secondary N) is 1. The highest BCUT2D eigenvalue weighted by Crippen LogP contribution is 2.26. The highest BCUT2D eigenvalue weighted by atomic mass is 32.2. The highest BCUT2D eigenvalue weighted by molar-refractivity contribution is 7.92. The van der Waals surface area contributed by atoms with E-state index in [0.29, 0.717) is 12.3 Å². The van der Waals surface area contributed by atoms with Crippen LogP contribution in [0.4, 0.5) is 10.1 Å². The van der Waals surface area contributed by atoms with Gasteiger partial charge in [0.1, 0.15) is 24.2 Å². The molecule has 0 spiro atoms. The number of methoxy groups -OCH3 is 1. The number of rotatable bonds is 14. The molecule has 0 aromatic heterocycles. The van der Waals surface area contributed by atoms with Crippen molar-refractivity contribution >= 4 is 27.5 Å². The van der Waals surface area contributed by atoms with Crippen LogP contribution in [0.15, 0.2) is 114 Å². The van der Waals surface area contributed by atoms with Crippen LogP contribution in [-0.2, 0) is 32.6 Å². The SMILES string of the molecule is COc1ccc(S(=O)(=O)N(CC(=O)N(Cc2ccccc2F)[C@H](Cc2ccccc2)C(=O)NCC(C)C)c2ccccc2)cc1. The van der Waals surface area contributed by atoms with E-state index in [1.165, 1.54) is 42.3 Å². The molecule has 10 heteroatoms. The quantitative estimate of drug-likeness (QED) is 0.200. The number of carbonyl (C=O) groups is 2. The van der Waals surface area contributed by atoms with E-state index in [2.05, 4.69) is 5.32 Å². The van der Waals surface area contributed by atoms with Gasteiger partial charge in [-0.2, -0.15) is 0 Å². The zero-order chi connectivity index (χ0) is 32.4. The number of nitrogens with zero attached hydrogens (tertiary/aromatic N) is 2. The summed E-state index contributed by atoms with van der Waals surface area (Å²) in [6.07, 6.45) is 0.140. The van der Waals surface area contributed by atoms with Crippen LogP contribution in [0, 0.1) is 11.7 Å². The maximum absolute atomic E-state index is 15.0. The van der Waals surface area contributed by atoms with Crippen molar-refractivity contribution in [2.45, 2.75) is 37.8 Å². The van der Waals surface area contributed by atoms with Crippen LogP contribution in [0.1, 0.15) is 25.0 Å². The van der Waals surface area contributed by atoms with Gasteiger partial charge in [0, 0.05) is 25.1 Å². The van der Waals surface area contributed by atoms with Gasteiger partial charge in [-0.1, -0.05) is 80.6 Å². The summed E-state index contributed by atoms with van der Waals surface area (Å²) >= 11 is 0. The molecule has 0 aliphatic carbocycles. The Bertz CT molecular complexity index is 1670. The maximum Gasteiger partial charge on any atom is 0.264 e. The first-order valence-corrected chi connectivity index (χ1v) is 16.1. The van der Waals surface area contributed by atoms with E-state index in [0.717, 1.165) is 9.87 Å². The summed E-state index contributed by atoms with van der Waals surface area (Å²) in [7, 11) is -2.78. The van der Waals surface area contributed by atoms with Crippen molar-refractivity contribution in [3.8, 4) is 5.75 Å². The fourth-order valence-corrected chi connectivity index (χ4v) is 6.20. The predicted molar refractivity (Wildman–Crippen MR) is 173 cm³/mol. The summed E-state index contributed by atoms with van der Waals surface area (Å²) in [5.74, 6) is -1.00. The molecule has 0 aliphatic rings. The minimum atomic E-state index is -4.26. The largest absolute Gasteiger partial charge is 0.497 e. The van der Waals surface area contributed by atoms with E-state index in [9.17, 15) is 18.0 Å². The molecular weight excluding hydrogens is 593 g/mol. The Morgan fingerprint density at radius 3 is 2.04 bits per heavy atom. The molecule has 4 rings (SSSR count). The van der Waals surface area contributed by atoms with Crippen LogP contribution in [0.3, 0.4) is 0 Å². The molecule has 0 heterocycles. The minimum Gasteiger partial charge on any atom is -0.497 e. The second kappa shape index (κ2) is 15.3. The molecule has 2 amide bonds. The summed E-state index contributed by atoms with van der Waals surface area (Å²) in [6, 6.07) is 28.3. The van der Waals surface area contributed by atoms with Crippen LogP contribution >= 0.6 is 0 Å². The Hall–Kier alpha value is -4.70. The molecule has 1 N–H and O–H groups in total. The molecule has 0 aliphatic heterocycles. The lowest BCUT2D eigenvalue weighted by Gasteiger charge is -2.34. The van der Waals surface area contributed by atoms with Gasteiger partial charge in [-0.15, -0.1) is 0 Å². The van der Waals surface area contributed by atoms with Gasteiger partial charge in [0.25, 0.3) is 10.0 Å². The van der Waals surface area contributed by atoms with Crippen molar-refractivity contribution in [1.29, 1.82) is 0 Å². The number of benzene rings is 4. The molecule has 0 unspecified atom stereocenters. The van der Waals surface area contributed by atoms with Crippen molar-refractivity contribution in [1.82, 2.24) is 10.2 Å². The fraction of sp³-hybridized carbons (Fsp3) is 0.257. The zero-order valence-corrected chi connectivity index (χ0v) is 26.4. The third-order valence-electron chi connectivity index (χ3n) is 7.22. The average Bonchev–Trinajstić information content (AvgIpc) is 3.05. The maximum atomic E-state index is 15.0. The molecule has 0 saturated carbocycles. The number of halogens is 1. The number of para-hydroxylation sites is 1. The summed E-state index contributed by atoms with van der Waals surface area (Å²) in [6.45, 7) is 3.40. The van der Waals surface area contributed by atoms with Crippen LogP contribution < -0.4 is 14.4 Å². The Balaban J connectivity index is 1.78. The predicted octanol–water partition coefficient (Wildman–Crippen LogP) is 5.44. The molecule has 45 heavy (non-hydrogen) atoms. The highest BCUT2D eigenvalue weighted by Gasteiger charge is 2.35. The molecule has 1 atom stereocenters. The van der Waals surface area contributed by atoms with Gasteiger partial charge in [0.2, 0.25) is 11.8 Å². The summed E-state index contributed by atoms with van der Waals surface area (Å²) in [4.78, 5) is 29.4. The third-order valence-corrected chi connectivity index (χ3v) is 9.01. The Morgan fingerprint density at radius 1 is 0.844 bits per heavy atom. The molecule has 8 nitrogen and oxygen atoms in total. The van der Waals surface area contributed by atoms with E-state index in [4.69, 9.17) is 4.74 Å². The van der Waals surface area contributed by atoms with Crippen molar-refractivity contribution in [2.24, 2.45) is 5.92 Å². The zero-order valence-electron chi connectivity index (χ0n) is 25.6. The number of ether oxygens (including phenoxy) is 1. The third kappa shape index (κ3) is 8.69. The number of anilines is 1. The van der Waals surface area contributed by atoms with Crippen molar-refractivity contribution < 1.29 is 27.1 Å². The molecule has 0 fully saturated rings. The first-order valence-electron chi connectivity index (χ1n) is 14.7. The first-order chi connectivity index (χ1) is 21.6. The molecule has 4 aromatic rings. The standard InChI is InChI=1S/C35H38FN3O5S/c1-26(2)23-37-35(41)33(22-27-12-6-4-7-13-27)38(24-28-14-10-11-17-32(28)36)34(40)25-39(29-15-8-5-9-16-29)45(42,43)31-20-18-30(44-3)19-21-31/h4-21,26,33H,22-25H2,1-3H3,(H,37,41)/t33-/m1/s1. The Kier molecular flexibility index (Phi) is 11.3. The molecule has 4 aromatic carbocycles. The molecule has 0 radical (unpaired) electrons. The number of hydrogen-bond donors (Lipinski definition) is 1. The molecule has 0 bridgehead atoms. The van der Waals surface area contributed by atoms with Crippen LogP contribution in [0.2, 0.25) is 0 Å². The number of carbonyl (C=O) groups excluding carboxylic acids is 2. The lowest BCUT2D eigenvalue weighted by molar-refractivity contribution is -0.140. The smallest absolute Gasteiger partial charge is 0.264 e. The monoisotopic (exact) mass is 631 g/mol. The molecule has 0 saturated heterocycles. The molecule has 236 valence electrons. The number of sulfonamides is 1. The van der Waals surface area contributed by atoms with Gasteiger partial charge in [-0.25, -0.2) is 12.8 Å². The van der Waals surface area contributed by atoms with E-state index in [-0.39, 0.29) is 35.0 Å². The topological polar surface area (TPSA) is 96.0 Å². The van der Waals surface area contributed by atoms with Crippen molar-refractivity contribution in [2.75, 3.05) is 24.5 Å². The van der Waals surface area contributed by atoms with Gasteiger partial charge in [0.05, 0.1) is 17.7 Å². The van der Waals surface area contributed by atoms with Gasteiger partial charge >= 0.3 is 0 Å². The van der Waals surface area contributed by atoms with Crippen molar-refractivity contribution in [3.05, 3.63) is 126 Å². The van der Waals surface area contributed by atoms with E-state index < -0.39 is 40.2 Å². The fourth-order valence-electron chi connectivity index (χ4n) is 4.78. The van der Waals surface area contributed by atoms with Gasteiger partial charge in [0.15, 0.2) is 0 Å². The first kappa shape index (κ1) is 33.2. The van der Waals surface area contributed by atoms with Gasteiger partial charge in [-0.3, -0.25) is 13.9 Å². The van der Waals surface area contributed by atoms with Crippen LogP contribution in [-0.4, -0.2) is 51.4 Å². The summed E-state index contributed by atoms with van der Waals surface area (Å²) in [5, 5.41) is 2.92. The summed E-state index contributed by atoms with van der Waals surface area (Å²) in [5.41, 5.74) is 1.25. The minimum absolute atomic E-state index is 0.0453. The average molecular weight is 632 g/mol. The Morgan fingerprint density at radius 2 is 1.44 bits per heavy atom. The van der Waals surface area contributed by atoms with E-state index in [1.54, 1.807) is 48.5 Å². The van der Waals surface area contributed by atoms with Crippen LogP contribution in [0.25, 0.3) is 0 Å². The number of amides is 2. The van der Waals surface area contributed by atoms with Gasteiger partial charge in [-0.05, 0) is 53.9 Å². The van der Waals surface area contributed by atoms with Crippen LogP contribution in [0.5, 0.6) is 5.75 Å². The van der Waals surface area contributed by atoms with E-state index >= 15 is 4.39 Å². The lowest BCUT2D eigenvalue weighted by Crippen LogP contribution is -2.53. The van der Waals surface area contributed by atoms with Crippen molar-refractivity contribution in [3.63, 3.8) is 0 Å². The lowest BCUT2D eigenvalue weighted by atomic mass is 10.0. The summed E-state index contributed by atoms with van der Waals surface area (Å²) < 4.78 is 49.3. The molecular formula is C35H38FN3O5S. The number of hydrogen-bond acceptors (Lipinski definition) is 5.